The van der Waals surface area contributed by atoms with E-state index < -0.39 is 6.04 Å². The molecule has 2 aromatic rings. The molecule has 4 rings (SSSR count). The van der Waals surface area contributed by atoms with Crippen molar-refractivity contribution in [2.75, 3.05) is 19.6 Å². The van der Waals surface area contributed by atoms with Gasteiger partial charge in [-0.2, -0.15) is 0 Å². The van der Waals surface area contributed by atoms with Crippen LogP contribution in [0.5, 0.6) is 0 Å². The van der Waals surface area contributed by atoms with E-state index in [0.717, 1.165) is 36.6 Å². The maximum Gasteiger partial charge on any atom is 0.253 e. The van der Waals surface area contributed by atoms with Crippen LogP contribution in [-0.4, -0.2) is 56.0 Å². The number of carbonyl (C=O) groups is 2. The van der Waals surface area contributed by atoms with Gasteiger partial charge in [-0.15, -0.1) is 21.5 Å². The lowest BCUT2D eigenvalue weighted by Crippen LogP contribution is -2.50. The number of nitrogens with zero attached hydrogens (tertiary/aromatic N) is 5. The molecule has 2 aliphatic heterocycles. The molecule has 132 valence electrons. The Labute approximate surface area is 150 Å². The Morgan fingerprint density at radius 3 is 2.72 bits per heavy atom. The molecule has 25 heavy (non-hydrogen) atoms. The summed E-state index contributed by atoms with van der Waals surface area (Å²) in [5, 5.41) is 10.3. The molecule has 0 saturated carbocycles. The van der Waals surface area contributed by atoms with E-state index in [1.165, 1.54) is 0 Å². The maximum absolute atomic E-state index is 13.1. The van der Waals surface area contributed by atoms with E-state index in [1.807, 2.05) is 33.9 Å². The zero-order chi connectivity index (χ0) is 17.4. The van der Waals surface area contributed by atoms with Crippen molar-refractivity contribution in [3.05, 3.63) is 34.0 Å². The van der Waals surface area contributed by atoms with E-state index in [-0.39, 0.29) is 11.8 Å². The molecule has 0 spiro atoms. The standard InChI is InChI=1S/C17H21N5O2S/c1-12-18-19-16-15(17(24)20-6-2-3-7-20)22(9-8-21(12)16)14(23)11-13-5-4-10-25-13/h4-5,10,15H,2-3,6-9,11H2,1H3/t15-/m1/s1. The molecule has 8 heteroatoms. The van der Waals surface area contributed by atoms with Crippen molar-refractivity contribution in [2.24, 2.45) is 0 Å². The van der Waals surface area contributed by atoms with Crippen molar-refractivity contribution in [1.82, 2.24) is 24.6 Å². The molecule has 0 unspecified atom stereocenters. The van der Waals surface area contributed by atoms with Crippen molar-refractivity contribution in [3.63, 3.8) is 0 Å². The van der Waals surface area contributed by atoms with Gasteiger partial charge in [-0.3, -0.25) is 9.59 Å². The second-order valence-electron chi connectivity index (χ2n) is 6.54. The fourth-order valence-electron chi connectivity index (χ4n) is 3.64. The monoisotopic (exact) mass is 359 g/mol. The van der Waals surface area contributed by atoms with Gasteiger partial charge in [-0.05, 0) is 31.2 Å². The SMILES string of the molecule is Cc1nnc2n1CCN(C(=O)Cc1cccs1)[C@H]2C(=O)N1CCCC1. The molecule has 1 fully saturated rings. The molecule has 4 heterocycles. The highest BCUT2D eigenvalue weighted by atomic mass is 32.1. The highest BCUT2D eigenvalue weighted by molar-refractivity contribution is 7.10. The number of rotatable bonds is 3. The molecule has 1 saturated heterocycles. The molecule has 0 N–H and O–H groups in total. The van der Waals surface area contributed by atoms with E-state index in [0.29, 0.717) is 25.3 Å². The zero-order valence-electron chi connectivity index (χ0n) is 14.2. The fraction of sp³-hybridized carbons (Fsp3) is 0.529. The van der Waals surface area contributed by atoms with Crippen LogP contribution in [0.25, 0.3) is 0 Å². The first kappa shape index (κ1) is 16.3. The molecule has 2 amide bonds. The number of likely N-dealkylation sites (tertiary alicyclic amines) is 1. The molecule has 7 nitrogen and oxygen atoms in total. The van der Waals surface area contributed by atoms with Gasteiger partial charge in [0.2, 0.25) is 5.91 Å². The number of carbonyl (C=O) groups excluding carboxylic acids is 2. The van der Waals surface area contributed by atoms with Gasteiger partial charge in [-0.25, -0.2) is 0 Å². The molecule has 0 bridgehead atoms. The van der Waals surface area contributed by atoms with Crippen molar-refractivity contribution in [1.29, 1.82) is 0 Å². The van der Waals surface area contributed by atoms with E-state index >= 15 is 0 Å². The third kappa shape index (κ3) is 2.95. The topological polar surface area (TPSA) is 71.3 Å². The number of aryl methyl sites for hydroxylation is 1. The van der Waals surface area contributed by atoms with Gasteiger partial charge in [-0.1, -0.05) is 6.07 Å². The Morgan fingerprint density at radius 2 is 2.00 bits per heavy atom. The van der Waals surface area contributed by atoms with Crippen molar-refractivity contribution in [2.45, 2.75) is 38.8 Å². The summed E-state index contributed by atoms with van der Waals surface area (Å²) in [5.74, 6) is 1.34. The molecular weight excluding hydrogens is 338 g/mol. The van der Waals surface area contributed by atoms with E-state index in [9.17, 15) is 9.59 Å². The fourth-order valence-corrected chi connectivity index (χ4v) is 4.33. The van der Waals surface area contributed by atoms with Crippen LogP contribution in [0.2, 0.25) is 0 Å². The minimum absolute atomic E-state index is 0.0214. The van der Waals surface area contributed by atoms with Gasteiger partial charge < -0.3 is 14.4 Å². The predicted octanol–water partition coefficient (Wildman–Crippen LogP) is 1.40. The van der Waals surface area contributed by atoms with Crippen LogP contribution in [0.4, 0.5) is 0 Å². The summed E-state index contributed by atoms with van der Waals surface area (Å²) >= 11 is 1.56. The molecule has 0 aromatic carbocycles. The van der Waals surface area contributed by atoms with Gasteiger partial charge in [0.1, 0.15) is 5.82 Å². The van der Waals surface area contributed by atoms with Gasteiger partial charge >= 0.3 is 0 Å². The van der Waals surface area contributed by atoms with Gasteiger partial charge in [0.05, 0.1) is 6.42 Å². The van der Waals surface area contributed by atoms with Crippen LogP contribution < -0.4 is 0 Å². The quantitative estimate of drug-likeness (QED) is 0.830. The van der Waals surface area contributed by atoms with Crippen LogP contribution in [0.15, 0.2) is 17.5 Å². The molecule has 0 radical (unpaired) electrons. The molecule has 1 atom stereocenters. The normalized spacial score (nSPS) is 20.0. The van der Waals surface area contributed by atoms with Crippen molar-refractivity contribution in [3.8, 4) is 0 Å². The smallest absolute Gasteiger partial charge is 0.253 e. The lowest BCUT2D eigenvalue weighted by Gasteiger charge is -2.36. The summed E-state index contributed by atoms with van der Waals surface area (Å²) in [5.41, 5.74) is 0. The van der Waals surface area contributed by atoms with E-state index in [1.54, 1.807) is 16.2 Å². The minimum atomic E-state index is -0.652. The average molecular weight is 359 g/mol. The first-order valence-electron chi connectivity index (χ1n) is 8.65. The van der Waals surface area contributed by atoms with Crippen LogP contribution in [0.3, 0.4) is 0 Å². The van der Waals surface area contributed by atoms with Crippen LogP contribution in [-0.2, 0) is 22.6 Å². The van der Waals surface area contributed by atoms with Gasteiger partial charge in [0.15, 0.2) is 11.9 Å². The number of thiophene rings is 1. The Balaban J connectivity index is 1.64. The summed E-state index contributed by atoms with van der Waals surface area (Å²) in [7, 11) is 0. The number of hydrogen-bond acceptors (Lipinski definition) is 5. The number of aromatic nitrogens is 3. The predicted molar refractivity (Wildman–Crippen MR) is 93.1 cm³/mol. The zero-order valence-corrected chi connectivity index (χ0v) is 15.0. The molecule has 2 aliphatic rings. The highest BCUT2D eigenvalue weighted by Crippen LogP contribution is 2.29. The first-order valence-corrected chi connectivity index (χ1v) is 9.53. The van der Waals surface area contributed by atoms with Crippen molar-refractivity contribution < 1.29 is 9.59 Å². The summed E-state index contributed by atoms with van der Waals surface area (Å²) in [6, 6.07) is 3.24. The van der Waals surface area contributed by atoms with Crippen molar-refractivity contribution >= 4 is 23.2 Å². The van der Waals surface area contributed by atoms with Gasteiger partial charge in [0, 0.05) is 31.1 Å². The summed E-state index contributed by atoms with van der Waals surface area (Å²) in [4.78, 5) is 30.6. The lowest BCUT2D eigenvalue weighted by atomic mass is 10.1. The third-order valence-electron chi connectivity index (χ3n) is 4.96. The molecular formula is C17H21N5O2S. The number of amides is 2. The summed E-state index contributed by atoms with van der Waals surface area (Å²) in [6.45, 7) is 4.55. The second kappa shape index (κ2) is 6.59. The minimum Gasteiger partial charge on any atom is -0.340 e. The Bertz CT molecular complexity index is 779. The summed E-state index contributed by atoms with van der Waals surface area (Å²) in [6.07, 6.45) is 2.37. The van der Waals surface area contributed by atoms with E-state index in [2.05, 4.69) is 10.2 Å². The Hall–Kier alpha value is -2.22. The second-order valence-corrected chi connectivity index (χ2v) is 7.57. The largest absolute Gasteiger partial charge is 0.340 e. The van der Waals surface area contributed by atoms with E-state index in [4.69, 9.17) is 0 Å². The summed E-state index contributed by atoms with van der Waals surface area (Å²) < 4.78 is 1.97. The number of fused-ring (bicyclic) bond motifs is 1. The Morgan fingerprint density at radius 1 is 1.20 bits per heavy atom. The maximum atomic E-state index is 13.1. The van der Waals surface area contributed by atoms with Crippen LogP contribution in [0, 0.1) is 6.92 Å². The molecule has 2 aromatic heterocycles. The lowest BCUT2D eigenvalue weighted by molar-refractivity contribution is -0.147. The average Bonchev–Trinajstić information content (AvgIpc) is 3.35. The van der Waals surface area contributed by atoms with Crippen LogP contribution >= 0.6 is 11.3 Å². The molecule has 0 aliphatic carbocycles. The third-order valence-corrected chi connectivity index (χ3v) is 5.84. The highest BCUT2D eigenvalue weighted by Gasteiger charge is 2.41. The van der Waals surface area contributed by atoms with Crippen LogP contribution in [0.1, 0.15) is 35.4 Å². The first-order chi connectivity index (χ1) is 12.1. The Kier molecular flexibility index (Phi) is 4.29. The van der Waals surface area contributed by atoms with Gasteiger partial charge in [0.25, 0.3) is 5.91 Å². The number of hydrogen-bond donors (Lipinski definition) is 0.